The van der Waals surface area contributed by atoms with E-state index in [0.29, 0.717) is 12.6 Å². The van der Waals surface area contributed by atoms with Crippen LogP contribution in [0.2, 0.25) is 0 Å². The molecule has 0 bridgehead atoms. The Balaban J connectivity index is 1.79. The maximum Gasteiger partial charge on any atom is 0.216 e. The van der Waals surface area contributed by atoms with Crippen LogP contribution in [0.4, 0.5) is 0 Å². The summed E-state index contributed by atoms with van der Waals surface area (Å²) in [5.41, 5.74) is 1.22. The maximum absolute atomic E-state index is 10.8. The number of hydrogen-bond donors (Lipinski definition) is 1. The first-order chi connectivity index (χ1) is 8.74. The normalized spacial score (nSPS) is 15.6. The minimum Gasteiger partial charge on any atom is -0.490 e. The predicted molar refractivity (Wildman–Crippen MR) is 71.7 cm³/mol. The number of carbonyl (C=O) groups excluding carboxylic acids is 1. The zero-order valence-corrected chi connectivity index (χ0v) is 10.9. The van der Waals surface area contributed by atoms with Gasteiger partial charge in [0.1, 0.15) is 5.75 Å². The zero-order valence-electron chi connectivity index (χ0n) is 10.9. The third-order valence-electron chi connectivity index (χ3n) is 3.32. The fraction of sp³-hybridized carbons (Fsp3) is 0.533. The highest BCUT2D eigenvalue weighted by atomic mass is 16.5. The summed E-state index contributed by atoms with van der Waals surface area (Å²) in [7, 11) is 0. The number of nitrogens with one attached hydrogen (secondary N) is 1. The molecule has 1 N–H and O–H groups in total. The first kappa shape index (κ1) is 12.9. The molecule has 1 fully saturated rings. The molecule has 0 heterocycles. The molecule has 1 aromatic carbocycles. The van der Waals surface area contributed by atoms with Crippen LogP contribution in [-0.4, -0.2) is 18.6 Å². The summed E-state index contributed by atoms with van der Waals surface area (Å²) < 4.78 is 5.90. The molecule has 1 aliphatic rings. The van der Waals surface area contributed by atoms with Crippen molar-refractivity contribution < 1.29 is 9.53 Å². The van der Waals surface area contributed by atoms with E-state index in [1.807, 2.05) is 12.1 Å². The Labute approximate surface area is 109 Å². The molecular formula is C15H21NO2. The van der Waals surface area contributed by atoms with Gasteiger partial charge in [0.2, 0.25) is 5.91 Å². The summed E-state index contributed by atoms with van der Waals surface area (Å²) >= 11 is 0. The molecular weight excluding hydrogens is 226 g/mol. The topological polar surface area (TPSA) is 38.3 Å². The third-order valence-corrected chi connectivity index (χ3v) is 3.32. The Morgan fingerprint density at radius 2 is 1.94 bits per heavy atom. The number of amides is 1. The van der Waals surface area contributed by atoms with E-state index in [2.05, 4.69) is 17.4 Å². The average Bonchev–Trinajstić information content (AvgIpc) is 2.84. The van der Waals surface area contributed by atoms with Crippen molar-refractivity contribution in [3.05, 3.63) is 29.8 Å². The Hall–Kier alpha value is -1.51. The third kappa shape index (κ3) is 4.06. The molecule has 1 saturated carbocycles. The lowest BCUT2D eigenvalue weighted by Crippen LogP contribution is -2.22. The van der Waals surface area contributed by atoms with Crippen molar-refractivity contribution in [3.63, 3.8) is 0 Å². The minimum absolute atomic E-state index is 0.0242. The van der Waals surface area contributed by atoms with Gasteiger partial charge in [0.05, 0.1) is 6.10 Å². The second kappa shape index (κ2) is 6.43. The van der Waals surface area contributed by atoms with Crippen molar-refractivity contribution in [2.75, 3.05) is 6.54 Å². The van der Waals surface area contributed by atoms with E-state index in [1.54, 1.807) is 6.92 Å². The number of hydrogen-bond acceptors (Lipinski definition) is 2. The standard InChI is InChI=1S/C15H21NO2/c1-12(17)16-11-10-13-6-8-15(9-7-13)18-14-4-2-3-5-14/h6-9,14H,2-5,10-11H2,1H3,(H,16,17). The lowest BCUT2D eigenvalue weighted by atomic mass is 10.1. The molecule has 1 aromatic rings. The fourth-order valence-corrected chi connectivity index (χ4v) is 2.32. The molecule has 1 aliphatic carbocycles. The van der Waals surface area contributed by atoms with Crippen LogP contribution < -0.4 is 10.1 Å². The molecule has 2 rings (SSSR count). The predicted octanol–water partition coefficient (Wildman–Crippen LogP) is 2.69. The van der Waals surface area contributed by atoms with Gasteiger partial charge in [-0.05, 0) is 49.8 Å². The Kier molecular flexibility index (Phi) is 4.62. The highest BCUT2D eigenvalue weighted by molar-refractivity contribution is 5.72. The van der Waals surface area contributed by atoms with Gasteiger partial charge < -0.3 is 10.1 Å². The quantitative estimate of drug-likeness (QED) is 0.868. The molecule has 98 valence electrons. The maximum atomic E-state index is 10.8. The first-order valence-corrected chi connectivity index (χ1v) is 6.74. The van der Waals surface area contributed by atoms with Gasteiger partial charge in [-0.25, -0.2) is 0 Å². The molecule has 0 spiro atoms. The molecule has 0 aliphatic heterocycles. The van der Waals surface area contributed by atoms with Crippen LogP contribution in [0, 0.1) is 0 Å². The Bertz CT molecular complexity index is 380. The highest BCUT2D eigenvalue weighted by Crippen LogP contribution is 2.24. The van der Waals surface area contributed by atoms with Crippen LogP contribution in [-0.2, 0) is 11.2 Å². The zero-order chi connectivity index (χ0) is 12.8. The molecule has 0 saturated heterocycles. The van der Waals surface area contributed by atoms with Crippen LogP contribution in [0.1, 0.15) is 38.2 Å². The number of rotatable bonds is 5. The smallest absolute Gasteiger partial charge is 0.216 e. The van der Waals surface area contributed by atoms with Gasteiger partial charge in [0, 0.05) is 13.5 Å². The monoisotopic (exact) mass is 247 g/mol. The molecule has 0 aromatic heterocycles. The van der Waals surface area contributed by atoms with Crippen molar-refractivity contribution >= 4 is 5.91 Å². The van der Waals surface area contributed by atoms with E-state index >= 15 is 0 Å². The van der Waals surface area contributed by atoms with E-state index in [-0.39, 0.29) is 5.91 Å². The van der Waals surface area contributed by atoms with Crippen LogP contribution in [0.15, 0.2) is 24.3 Å². The van der Waals surface area contributed by atoms with Crippen LogP contribution in [0.5, 0.6) is 5.75 Å². The van der Waals surface area contributed by atoms with Gasteiger partial charge >= 0.3 is 0 Å². The van der Waals surface area contributed by atoms with Crippen molar-refractivity contribution in [1.29, 1.82) is 0 Å². The van der Waals surface area contributed by atoms with Crippen molar-refractivity contribution in [2.24, 2.45) is 0 Å². The molecule has 3 nitrogen and oxygen atoms in total. The molecule has 3 heteroatoms. The lowest BCUT2D eigenvalue weighted by Gasteiger charge is -2.13. The minimum atomic E-state index is 0.0242. The fourth-order valence-electron chi connectivity index (χ4n) is 2.32. The Morgan fingerprint density at radius 1 is 1.28 bits per heavy atom. The molecule has 0 radical (unpaired) electrons. The van der Waals surface area contributed by atoms with Crippen molar-refractivity contribution in [3.8, 4) is 5.75 Å². The molecule has 1 amide bonds. The SMILES string of the molecule is CC(=O)NCCc1ccc(OC2CCCC2)cc1. The summed E-state index contributed by atoms with van der Waals surface area (Å²) in [6, 6.07) is 8.21. The van der Waals surface area contributed by atoms with Crippen molar-refractivity contribution in [1.82, 2.24) is 5.32 Å². The summed E-state index contributed by atoms with van der Waals surface area (Å²) in [5.74, 6) is 0.987. The Morgan fingerprint density at radius 3 is 2.56 bits per heavy atom. The van der Waals surface area contributed by atoms with E-state index in [9.17, 15) is 4.79 Å². The number of ether oxygens (including phenoxy) is 1. The average molecular weight is 247 g/mol. The molecule has 0 unspecified atom stereocenters. The van der Waals surface area contributed by atoms with Gasteiger partial charge in [-0.15, -0.1) is 0 Å². The van der Waals surface area contributed by atoms with Gasteiger partial charge in [0.15, 0.2) is 0 Å². The summed E-state index contributed by atoms with van der Waals surface area (Å²) in [6.07, 6.45) is 6.23. The van der Waals surface area contributed by atoms with Gasteiger partial charge in [0.25, 0.3) is 0 Å². The van der Waals surface area contributed by atoms with Gasteiger partial charge in [-0.1, -0.05) is 12.1 Å². The van der Waals surface area contributed by atoms with E-state index in [0.717, 1.165) is 12.2 Å². The van der Waals surface area contributed by atoms with Crippen LogP contribution >= 0.6 is 0 Å². The number of benzene rings is 1. The second-order valence-electron chi connectivity index (χ2n) is 4.90. The first-order valence-electron chi connectivity index (χ1n) is 6.74. The van der Waals surface area contributed by atoms with Crippen LogP contribution in [0.25, 0.3) is 0 Å². The molecule has 0 atom stereocenters. The lowest BCUT2D eigenvalue weighted by molar-refractivity contribution is -0.118. The second-order valence-corrected chi connectivity index (χ2v) is 4.90. The summed E-state index contributed by atoms with van der Waals surface area (Å²) in [5, 5.41) is 2.80. The largest absolute Gasteiger partial charge is 0.490 e. The van der Waals surface area contributed by atoms with Crippen molar-refractivity contribution in [2.45, 2.75) is 45.1 Å². The van der Waals surface area contributed by atoms with E-state index in [1.165, 1.54) is 31.2 Å². The van der Waals surface area contributed by atoms with E-state index < -0.39 is 0 Å². The summed E-state index contributed by atoms with van der Waals surface area (Å²) in [4.78, 5) is 10.8. The van der Waals surface area contributed by atoms with Crippen LogP contribution in [0.3, 0.4) is 0 Å². The van der Waals surface area contributed by atoms with Gasteiger partial charge in [-0.2, -0.15) is 0 Å². The van der Waals surface area contributed by atoms with Gasteiger partial charge in [-0.3, -0.25) is 4.79 Å². The summed E-state index contributed by atoms with van der Waals surface area (Å²) in [6.45, 7) is 2.23. The number of carbonyl (C=O) groups is 1. The molecule has 18 heavy (non-hydrogen) atoms. The highest BCUT2D eigenvalue weighted by Gasteiger charge is 2.16. The van der Waals surface area contributed by atoms with E-state index in [4.69, 9.17) is 4.74 Å².